The Labute approximate surface area is 168 Å². The van der Waals surface area contributed by atoms with E-state index < -0.39 is 0 Å². The van der Waals surface area contributed by atoms with Crippen LogP contribution in [0.5, 0.6) is 0 Å². The van der Waals surface area contributed by atoms with Crippen molar-refractivity contribution in [1.29, 1.82) is 0 Å². The van der Waals surface area contributed by atoms with Gasteiger partial charge < -0.3 is 14.3 Å². The molecule has 1 aliphatic heterocycles. The molecule has 0 N–H and O–H groups in total. The van der Waals surface area contributed by atoms with Crippen LogP contribution in [0.2, 0.25) is 0 Å². The first kappa shape index (κ1) is 22.3. The summed E-state index contributed by atoms with van der Waals surface area (Å²) in [6, 6.07) is 0. The van der Waals surface area contributed by atoms with Crippen LogP contribution in [0.25, 0.3) is 0 Å². The Morgan fingerprint density at radius 1 is 1.11 bits per heavy atom. The number of hydrogen-bond donors (Lipinski definition) is 0. The largest absolute Gasteiger partial charge is 0.342 e. The third kappa shape index (κ3) is 6.29. The molecule has 8 heteroatoms. The van der Waals surface area contributed by atoms with Crippen molar-refractivity contribution < 1.29 is 14.1 Å². The van der Waals surface area contributed by atoms with Gasteiger partial charge in [-0.2, -0.15) is 4.98 Å². The standard InChI is InChI=1S/C20H35N5O3/c1-6-24(7-2)18(27)15-23-11-13-25(14-12-23)17(26)10-8-9-16-21-19(22-28-16)20(3,4)5/h6-15H2,1-5H3. The Balaban J connectivity index is 1.69. The zero-order chi connectivity index (χ0) is 20.7. The van der Waals surface area contributed by atoms with Crippen molar-refractivity contribution in [2.75, 3.05) is 45.8 Å². The second-order valence-corrected chi connectivity index (χ2v) is 8.34. The van der Waals surface area contributed by atoms with E-state index in [4.69, 9.17) is 4.52 Å². The molecule has 0 saturated carbocycles. The molecule has 1 saturated heterocycles. The second-order valence-electron chi connectivity index (χ2n) is 8.34. The van der Waals surface area contributed by atoms with Crippen LogP contribution in [-0.4, -0.2) is 82.5 Å². The van der Waals surface area contributed by atoms with E-state index in [0.29, 0.717) is 50.6 Å². The van der Waals surface area contributed by atoms with Crippen molar-refractivity contribution in [2.45, 2.75) is 59.3 Å². The Kier molecular flexibility index (Phi) is 7.98. The Hall–Kier alpha value is -1.96. The van der Waals surface area contributed by atoms with Gasteiger partial charge >= 0.3 is 0 Å². The molecule has 0 atom stereocenters. The third-order valence-corrected chi connectivity index (χ3v) is 5.12. The van der Waals surface area contributed by atoms with E-state index in [0.717, 1.165) is 26.2 Å². The monoisotopic (exact) mass is 393 g/mol. The van der Waals surface area contributed by atoms with Gasteiger partial charge in [-0.25, -0.2) is 0 Å². The molecule has 0 spiro atoms. The average Bonchev–Trinajstić information content (AvgIpc) is 3.12. The predicted molar refractivity (Wildman–Crippen MR) is 107 cm³/mol. The molecule has 2 amide bonds. The molecule has 0 bridgehead atoms. The number of likely N-dealkylation sites (N-methyl/N-ethyl adjacent to an activating group) is 1. The Bertz CT molecular complexity index is 641. The van der Waals surface area contributed by atoms with Crippen LogP contribution in [0.1, 0.15) is 59.2 Å². The van der Waals surface area contributed by atoms with Gasteiger partial charge in [0.25, 0.3) is 0 Å². The predicted octanol–water partition coefficient (Wildman–Crippen LogP) is 1.70. The minimum Gasteiger partial charge on any atom is -0.342 e. The number of carbonyl (C=O) groups excluding carboxylic acids is 2. The third-order valence-electron chi connectivity index (χ3n) is 5.12. The van der Waals surface area contributed by atoms with E-state index in [2.05, 4.69) is 15.0 Å². The molecule has 0 aromatic carbocycles. The summed E-state index contributed by atoms with van der Waals surface area (Å²) in [6.07, 6.45) is 1.80. The smallest absolute Gasteiger partial charge is 0.236 e. The summed E-state index contributed by atoms with van der Waals surface area (Å²) in [5.41, 5.74) is -0.135. The maximum atomic E-state index is 12.4. The molecule has 2 rings (SSSR count). The quantitative estimate of drug-likeness (QED) is 0.669. The van der Waals surface area contributed by atoms with Crippen LogP contribution < -0.4 is 0 Å². The van der Waals surface area contributed by atoms with E-state index in [9.17, 15) is 9.59 Å². The van der Waals surface area contributed by atoms with Crippen molar-refractivity contribution in [3.8, 4) is 0 Å². The van der Waals surface area contributed by atoms with Gasteiger partial charge in [-0.15, -0.1) is 0 Å². The maximum Gasteiger partial charge on any atom is 0.236 e. The van der Waals surface area contributed by atoms with Crippen molar-refractivity contribution in [3.05, 3.63) is 11.7 Å². The van der Waals surface area contributed by atoms with E-state index in [1.165, 1.54) is 0 Å². The zero-order valence-corrected chi connectivity index (χ0v) is 18.0. The lowest BCUT2D eigenvalue weighted by molar-refractivity contribution is -0.135. The van der Waals surface area contributed by atoms with Gasteiger partial charge in [-0.1, -0.05) is 25.9 Å². The van der Waals surface area contributed by atoms with Crippen LogP contribution in [0.4, 0.5) is 0 Å². The van der Waals surface area contributed by atoms with E-state index in [1.54, 1.807) is 0 Å². The van der Waals surface area contributed by atoms with Crippen LogP contribution >= 0.6 is 0 Å². The minimum atomic E-state index is -0.135. The lowest BCUT2D eigenvalue weighted by Crippen LogP contribution is -2.51. The van der Waals surface area contributed by atoms with Crippen LogP contribution in [0.3, 0.4) is 0 Å². The molecule has 1 aromatic heterocycles. The topological polar surface area (TPSA) is 82.8 Å². The molecule has 1 fully saturated rings. The lowest BCUT2D eigenvalue weighted by atomic mass is 9.96. The summed E-state index contributed by atoms with van der Waals surface area (Å²) >= 11 is 0. The van der Waals surface area contributed by atoms with Crippen molar-refractivity contribution >= 4 is 11.8 Å². The summed E-state index contributed by atoms with van der Waals surface area (Å²) < 4.78 is 5.28. The number of amides is 2. The first-order valence-electron chi connectivity index (χ1n) is 10.4. The highest BCUT2D eigenvalue weighted by atomic mass is 16.5. The summed E-state index contributed by atoms with van der Waals surface area (Å²) in [7, 11) is 0. The van der Waals surface area contributed by atoms with Gasteiger partial charge in [-0.05, 0) is 20.3 Å². The number of aryl methyl sites for hydroxylation is 1. The molecule has 1 aromatic rings. The van der Waals surface area contributed by atoms with Gasteiger partial charge in [0.15, 0.2) is 5.82 Å². The van der Waals surface area contributed by atoms with Crippen LogP contribution in [0, 0.1) is 0 Å². The SMILES string of the molecule is CCN(CC)C(=O)CN1CCN(C(=O)CCCc2nc(C(C)(C)C)no2)CC1. The number of carbonyl (C=O) groups is 2. The number of piperazine rings is 1. The Morgan fingerprint density at radius 3 is 2.29 bits per heavy atom. The van der Waals surface area contributed by atoms with E-state index in [-0.39, 0.29) is 17.2 Å². The summed E-state index contributed by atoms with van der Waals surface area (Å²) in [4.78, 5) is 35.0. The first-order valence-corrected chi connectivity index (χ1v) is 10.4. The maximum absolute atomic E-state index is 12.4. The normalized spacial score (nSPS) is 15.7. The average molecular weight is 394 g/mol. The minimum absolute atomic E-state index is 0.135. The molecular weight excluding hydrogens is 358 g/mol. The molecule has 2 heterocycles. The summed E-state index contributed by atoms with van der Waals surface area (Å²) in [5, 5.41) is 4.01. The molecule has 0 radical (unpaired) electrons. The fourth-order valence-electron chi connectivity index (χ4n) is 3.23. The van der Waals surface area contributed by atoms with Crippen molar-refractivity contribution in [3.63, 3.8) is 0 Å². The molecule has 1 aliphatic rings. The molecule has 8 nitrogen and oxygen atoms in total. The van der Waals surface area contributed by atoms with Crippen LogP contribution in [-0.2, 0) is 21.4 Å². The van der Waals surface area contributed by atoms with Gasteiger partial charge in [-0.3, -0.25) is 14.5 Å². The van der Waals surface area contributed by atoms with Crippen LogP contribution in [0.15, 0.2) is 4.52 Å². The zero-order valence-electron chi connectivity index (χ0n) is 18.0. The van der Waals surface area contributed by atoms with Gasteiger partial charge in [0.1, 0.15) is 0 Å². The first-order chi connectivity index (χ1) is 13.2. The Morgan fingerprint density at radius 2 is 1.75 bits per heavy atom. The fraction of sp³-hybridized carbons (Fsp3) is 0.800. The summed E-state index contributed by atoms with van der Waals surface area (Å²) in [5.74, 6) is 1.62. The second kappa shape index (κ2) is 10.0. The van der Waals surface area contributed by atoms with Crippen molar-refractivity contribution in [1.82, 2.24) is 24.8 Å². The molecule has 0 aliphatic carbocycles. The van der Waals surface area contributed by atoms with E-state index in [1.807, 2.05) is 44.4 Å². The summed E-state index contributed by atoms with van der Waals surface area (Å²) in [6.45, 7) is 14.9. The molecular formula is C20H35N5O3. The fourth-order valence-corrected chi connectivity index (χ4v) is 3.23. The number of hydrogen-bond acceptors (Lipinski definition) is 6. The van der Waals surface area contributed by atoms with Gasteiger partial charge in [0.05, 0.1) is 6.54 Å². The number of nitrogens with zero attached hydrogens (tertiary/aromatic N) is 5. The van der Waals surface area contributed by atoms with E-state index >= 15 is 0 Å². The highest BCUT2D eigenvalue weighted by Crippen LogP contribution is 2.19. The molecule has 0 unspecified atom stereocenters. The van der Waals surface area contributed by atoms with Gasteiger partial charge in [0.2, 0.25) is 17.7 Å². The molecule has 158 valence electrons. The molecule has 28 heavy (non-hydrogen) atoms. The highest BCUT2D eigenvalue weighted by molar-refractivity contribution is 5.78. The van der Waals surface area contributed by atoms with Crippen molar-refractivity contribution in [2.24, 2.45) is 0 Å². The highest BCUT2D eigenvalue weighted by Gasteiger charge is 2.24. The lowest BCUT2D eigenvalue weighted by Gasteiger charge is -2.35. The number of rotatable bonds is 8. The van der Waals surface area contributed by atoms with Gasteiger partial charge in [0, 0.05) is 57.5 Å². The number of aromatic nitrogens is 2.